The zero-order chi connectivity index (χ0) is 17.4. The number of anilines is 2. The normalized spacial score (nSPS) is 21.3. The van der Waals surface area contributed by atoms with Crippen LogP contribution >= 0.6 is 11.6 Å². The summed E-state index contributed by atoms with van der Waals surface area (Å²) in [5.41, 5.74) is 0.581. The van der Waals surface area contributed by atoms with Crippen molar-refractivity contribution in [2.45, 2.75) is 38.1 Å². The Bertz CT molecular complexity index is 820. The van der Waals surface area contributed by atoms with E-state index in [0.717, 1.165) is 25.7 Å². The topological polar surface area (TPSA) is 95.6 Å². The number of halogens is 1. The molecule has 1 aromatic rings. The molecule has 1 heterocycles. The van der Waals surface area contributed by atoms with E-state index in [1.54, 1.807) is 0 Å². The van der Waals surface area contributed by atoms with Gasteiger partial charge in [-0.2, -0.15) is 13.1 Å². The van der Waals surface area contributed by atoms with Crippen LogP contribution in [0.1, 0.15) is 32.1 Å². The van der Waals surface area contributed by atoms with Crippen molar-refractivity contribution in [3.63, 3.8) is 0 Å². The Hall–Kier alpha value is -1.03. The molecule has 134 valence electrons. The molecule has 0 radical (unpaired) electrons. The molecule has 0 bridgehead atoms. The van der Waals surface area contributed by atoms with Crippen molar-refractivity contribution in [3.05, 3.63) is 23.2 Å². The average Bonchev–Trinajstić information content (AvgIpc) is 3.09. The first-order chi connectivity index (χ1) is 11.3. The monoisotopic (exact) mass is 393 g/mol. The summed E-state index contributed by atoms with van der Waals surface area (Å²) in [4.78, 5) is 0. The van der Waals surface area contributed by atoms with E-state index in [4.69, 9.17) is 11.6 Å². The number of hydrogen-bond donors (Lipinski definition) is 2. The van der Waals surface area contributed by atoms with Crippen LogP contribution in [0.5, 0.6) is 0 Å². The van der Waals surface area contributed by atoms with E-state index < -0.39 is 20.2 Å². The van der Waals surface area contributed by atoms with Crippen LogP contribution in [0.3, 0.4) is 0 Å². The quantitative estimate of drug-likeness (QED) is 0.800. The van der Waals surface area contributed by atoms with Crippen LogP contribution in [0, 0.1) is 0 Å². The zero-order valence-corrected chi connectivity index (χ0v) is 15.4. The molecule has 3 rings (SSSR count). The number of sulfonamides is 1. The van der Waals surface area contributed by atoms with Crippen LogP contribution in [-0.2, 0) is 20.2 Å². The van der Waals surface area contributed by atoms with Gasteiger partial charge in [0.15, 0.2) is 0 Å². The second-order valence-electron chi connectivity index (χ2n) is 6.11. The first-order valence-electron chi connectivity index (χ1n) is 7.87. The van der Waals surface area contributed by atoms with Crippen LogP contribution in [0.4, 0.5) is 11.4 Å². The summed E-state index contributed by atoms with van der Waals surface area (Å²) in [6, 6.07) is 4.42. The molecule has 7 nitrogen and oxygen atoms in total. The molecular weight excluding hydrogens is 374 g/mol. The summed E-state index contributed by atoms with van der Waals surface area (Å²) in [5.74, 6) is 0.0719. The van der Waals surface area contributed by atoms with E-state index in [9.17, 15) is 16.8 Å². The average molecular weight is 394 g/mol. The lowest BCUT2D eigenvalue weighted by molar-refractivity contribution is 0.557. The molecule has 1 aromatic carbocycles. The van der Waals surface area contributed by atoms with Crippen molar-refractivity contribution in [2.24, 2.45) is 0 Å². The molecule has 2 N–H and O–H groups in total. The van der Waals surface area contributed by atoms with Gasteiger partial charge >= 0.3 is 0 Å². The highest BCUT2D eigenvalue weighted by Crippen LogP contribution is 2.33. The zero-order valence-electron chi connectivity index (χ0n) is 13.0. The maximum Gasteiger partial charge on any atom is 0.299 e. The number of nitrogens with one attached hydrogen (secondary N) is 2. The van der Waals surface area contributed by atoms with Gasteiger partial charge < -0.3 is 0 Å². The van der Waals surface area contributed by atoms with Gasteiger partial charge in [0.1, 0.15) is 0 Å². The van der Waals surface area contributed by atoms with Crippen LogP contribution in [0.15, 0.2) is 18.2 Å². The minimum absolute atomic E-state index is 0.0479. The van der Waals surface area contributed by atoms with E-state index in [1.165, 1.54) is 22.5 Å². The lowest BCUT2D eigenvalue weighted by Gasteiger charge is -2.20. The third-order valence-corrected chi connectivity index (χ3v) is 7.57. The van der Waals surface area contributed by atoms with Crippen molar-refractivity contribution < 1.29 is 16.8 Å². The minimum Gasteiger partial charge on any atom is -0.271 e. The van der Waals surface area contributed by atoms with Crippen molar-refractivity contribution in [3.8, 4) is 0 Å². The number of nitrogens with zero attached hydrogens (tertiary/aromatic N) is 1. The second kappa shape index (κ2) is 6.70. The Morgan fingerprint density at radius 1 is 1.17 bits per heavy atom. The lowest BCUT2D eigenvalue weighted by Crippen LogP contribution is -2.37. The van der Waals surface area contributed by atoms with Gasteiger partial charge in [0.05, 0.1) is 22.2 Å². The van der Waals surface area contributed by atoms with Crippen LogP contribution < -0.4 is 13.7 Å². The Kier molecular flexibility index (Phi) is 4.96. The molecule has 0 spiro atoms. The molecule has 0 atom stereocenters. The summed E-state index contributed by atoms with van der Waals surface area (Å²) in [5, 5.41) is 0.271. The fourth-order valence-corrected chi connectivity index (χ4v) is 6.14. The van der Waals surface area contributed by atoms with Crippen LogP contribution in [0.25, 0.3) is 0 Å². The predicted octanol–water partition coefficient (Wildman–Crippen LogP) is 2.07. The third-order valence-electron chi connectivity index (χ3n) is 4.24. The highest BCUT2D eigenvalue weighted by molar-refractivity contribution is 7.93. The fourth-order valence-electron chi connectivity index (χ4n) is 3.13. The largest absolute Gasteiger partial charge is 0.299 e. The molecule has 2 fully saturated rings. The van der Waals surface area contributed by atoms with Gasteiger partial charge in [0.25, 0.3) is 10.2 Å². The van der Waals surface area contributed by atoms with Gasteiger partial charge in [0, 0.05) is 12.6 Å². The summed E-state index contributed by atoms with van der Waals surface area (Å²) >= 11 is 6.11. The lowest BCUT2D eigenvalue weighted by atomic mass is 10.3. The standard InChI is InChI=1S/C14H20ClN3O4S2/c15-13-7-6-12(10-14(13)18-8-3-9-23(18,19)20)17-24(21,22)16-11-4-1-2-5-11/h6-7,10-11,16-17H,1-5,8-9H2. The number of rotatable bonds is 5. The van der Waals surface area contributed by atoms with E-state index in [2.05, 4.69) is 9.44 Å². The summed E-state index contributed by atoms with van der Waals surface area (Å²) in [6.07, 6.45) is 4.23. The Labute approximate surface area is 147 Å². The Morgan fingerprint density at radius 3 is 2.50 bits per heavy atom. The third kappa shape index (κ3) is 3.96. The molecule has 0 aromatic heterocycles. The Balaban J connectivity index is 1.81. The molecule has 10 heteroatoms. The molecule has 2 aliphatic rings. The van der Waals surface area contributed by atoms with Crippen molar-refractivity contribution in [1.29, 1.82) is 0 Å². The maximum atomic E-state index is 12.2. The number of hydrogen-bond acceptors (Lipinski definition) is 4. The van der Waals surface area contributed by atoms with E-state index in [1.807, 2.05) is 0 Å². The summed E-state index contributed by atoms with van der Waals surface area (Å²) in [7, 11) is -7.10. The minimum atomic E-state index is -3.71. The summed E-state index contributed by atoms with van der Waals surface area (Å²) < 4.78 is 54.8. The molecular formula is C14H20ClN3O4S2. The van der Waals surface area contributed by atoms with Crippen LogP contribution in [0.2, 0.25) is 5.02 Å². The first-order valence-corrected chi connectivity index (χ1v) is 11.3. The van der Waals surface area contributed by atoms with Gasteiger partial charge in [-0.1, -0.05) is 24.4 Å². The van der Waals surface area contributed by atoms with Gasteiger partial charge in [-0.25, -0.2) is 8.42 Å². The molecule has 0 amide bonds. The fraction of sp³-hybridized carbons (Fsp3) is 0.571. The van der Waals surface area contributed by atoms with E-state index >= 15 is 0 Å². The highest BCUT2D eigenvalue weighted by Gasteiger charge is 2.30. The molecule has 1 aliphatic heterocycles. The molecule has 24 heavy (non-hydrogen) atoms. The molecule has 0 unspecified atom stereocenters. The maximum absolute atomic E-state index is 12.2. The highest BCUT2D eigenvalue weighted by atomic mass is 35.5. The smallest absolute Gasteiger partial charge is 0.271 e. The van der Waals surface area contributed by atoms with E-state index in [0.29, 0.717) is 18.7 Å². The van der Waals surface area contributed by atoms with Crippen LogP contribution in [-0.4, -0.2) is 35.2 Å². The summed E-state index contributed by atoms with van der Waals surface area (Å²) in [6.45, 7) is 0.346. The molecule has 1 saturated heterocycles. The molecule has 1 saturated carbocycles. The van der Waals surface area contributed by atoms with Gasteiger partial charge in [-0.3, -0.25) is 9.03 Å². The number of benzene rings is 1. The van der Waals surface area contributed by atoms with Crippen molar-refractivity contribution in [1.82, 2.24) is 4.72 Å². The van der Waals surface area contributed by atoms with Crippen molar-refractivity contribution in [2.75, 3.05) is 21.3 Å². The first kappa shape index (κ1) is 17.8. The van der Waals surface area contributed by atoms with Gasteiger partial charge in [-0.15, -0.1) is 0 Å². The van der Waals surface area contributed by atoms with E-state index in [-0.39, 0.29) is 22.5 Å². The van der Waals surface area contributed by atoms with Crippen molar-refractivity contribution >= 4 is 43.2 Å². The van der Waals surface area contributed by atoms with Gasteiger partial charge in [0.2, 0.25) is 10.0 Å². The van der Waals surface area contributed by atoms with Gasteiger partial charge in [-0.05, 0) is 37.5 Å². The second-order valence-corrected chi connectivity index (χ2v) is 9.98. The SMILES string of the molecule is O=S(=O)(Nc1ccc(Cl)c(N2CCCS2(=O)=O)c1)NC1CCCC1. The predicted molar refractivity (Wildman–Crippen MR) is 95.1 cm³/mol. The Morgan fingerprint density at radius 2 is 1.88 bits per heavy atom. The molecule has 1 aliphatic carbocycles.